The first-order chi connectivity index (χ1) is 8.38. The lowest BCUT2D eigenvalue weighted by Gasteiger charge is -2.06. The molecule has 0 bridgehead atoms. The highest BCUT2D eigenvalue weighted by Crippen LogP contribution is 2.12. The van der Waals surface area contributed by atoms with Gasteiger partial charge in [-0.1, -0.05) is 12.1 Å². The summed E-state index contributed by atoms with van der Waals surface area (Å²) >= 11 is 0. The summed E-state index contributed by atoms with van der Waals surface area (Å²) in [6.45, 7) is 3.23. The van der Waals surface area contributed by atoms with Gasteiger partial charge in [-0.2, -0.15) is 0 Å². The molecule has 6 nitrogen and oxygen atoms in total. The van der Waals surface area contributed by atoms with Crippen molar-refractivity contribution in [1.29, 1.82) is 0 Å². The van der Waals surface area contributed by atoms with Crippen LogP contribution in [0.15, 0.2) is 29.2 Å². The van der Waals surface area contributed by atoms with Gasteiger partial charge in [0.15, 0.2) is 5.76 Å². The third kappa shape index (κ3) is 3.44. The molecular formula is C11H14N4O2. The SMILES string of the molecule is CCCOc1cc(NCc2ccno2)ncn1. The number of rotatable bonds is 6. The van der Waals surface area contributed by atoms with Crippen molar-refractivity contribution in [3.05, 3.63) is 30.4 Å². The van der Waals surface area contributed by atoms with E-state index in [9.17, 15) is 0 Å². The number of nitrogens with zero attached hydrogens (tertiary/aromatic N) is 3. The Labute approximate surface area is 99.0 Å². The molecule has 0 unspecified atom stereocenters. The lowest BCUT2D eigenvalue weighted by molar-refractivity contribution is 0.305. The van der Waals surface area contributed by atoms with Gasteiger partial charge in [0.25, 0.3) is 0 Å². The molecule has 2 rings (SSSR count). The van der Waals surface area contributed by atoms with Crippen molar-refractivity contribution < 1.29 is 9.26 Å². The summed E-state index contributed by atoms with van der Waals surface area (Å²) in [6, 6.07) is 3.55. The minimum absolute atomic E-state index is 0.532. The highest BCUT2D eigenvalue weighted by atomic mass is 16.5. The van der Waals surface area contributed by atoms with Crippen molar-refractivity contribution in [2.75, 3.05) is 11.9 Å². The van der Waals surface area contributed by atoms with E-state index in [0.717, 1.165) is 12.2 Å². The lowest BCUT2D eigenvalue weighted by atomic mass is 10.4. The molecule has 0 aliphatic carbocycles. The maximum atomic E-state index is 5.41. The molecular weight excluding hydrogens is 220 g/mol. The third-order valence-electron chi connectivity index (χ3n) is 2.03. The molecule has 2 heterocycles. The van der Waals surface area contributed by atoms with Gasteiger partial charge >= 0.3 is 0 Å². The van der Waals surface area contributed by atoms with Crippen LogP contribution in [0, 0.1) is 0 Å². The topological polar surface area (TPSA) is 73.1 Å². The fourth-order valence-corrected chi connectivity index (χ4v) is 1.23. The molecule has 0 saturated carbocycles. The minimum Gasteiger partial charge on any atom is -0.478 e. The van der Waals surface area contributed by atoms with Gasteiger partial charge in [0.05, 0.1) is 19.3 Å². The number of aromatic nitrogens is 3. The van der Waals surface area contributed by atoms with Crippen molar-refractivity contribution in [1.82, 2.24) is 15.1 Å². The van der Waals surface area contributed by atoms with Crippen molar-refractivity contribution in [2.24, 2.45) is 0 Å². The molecule has 0 amide bonds. The summed E-state index contributed by atoms with van der Waals surface area (Å²) in [4.78, 5) is 8.10. The summed E-state index contributed by atoms with van der Waals surface area (Å²) < 4.78 is 10.4. The Morgan fingerprint density at radius 1 is 1.41 bits per heavy atom. The monoisotopic (exact) mass is 234 g/mol. The molecule has 0 spiro atoms. The van der Waals surface area contributed by atoms with Gasteiger partial charge in [-0.3, -0.25) is 0 Å². The molecule has 2 aromatic rings. The number of hydrogen-bond donors (Lipinski definition) is 1. The van der Waals surface area contributed by atoms with E-state index in [1.165, 1.54) is 6.33 Å². The van der Waals surface area contributed by atoms with Crippen molar-refractivity contribution in [2.45, 2.75) is 19.9 Å². The van der Waals surface area contributed by atoms with E-state index in [2.05, 4.69) is 20.4 Å². The van der Waals surface area contributed by atoms with E-state index in [0.29, 0.717) is 24.8 Å². The van der Waals surface area contributed by atoms with Crippen LogP contribution in [0.3, 0.4) is 0 Å². The zero-order valence-electron chi connectivity index (χ0n) is 9.59. The van der Waals surface area contributed by atoms with E-state index >= 15 is 0 Å². The van der Waals surface area contributed by atoms with Gasteiger partial charge in [0.2, 0.25) is 5.88 Å². The van der Waals surface area contributed by atoms with Gasteiger partial charge in [-0.15, -0.1) is 0 Å². The number of hydrogen-bond acceptors (Lipinski definition) is 6. The van der Waals surface area contributed by atoms with Crippen LogP contribution < -0.4 is 10.1 Å². The smallest absolute Gasteiger partial charge is 0.218 e. The van der Waals surface area contributed by atoms with Gasteiger partial charge in [-0.25, -0.2) is 9.97 Å². The van der Waals surface area contributed by atoms with Gasteiger partial charge < -0.3 is 14.6 Å². The lowest BCUT2D eigenvalue weighted by Crippen LogP contribution is -2.03. The fourth-order valence-electron chi connectivity index (χ4n) is 1.23. The summed E-state index contributed by atoms with van der Waals surface area (Å²) in [5.41, 5.74) is 0. The van der Waals surface area contributed by atoms with E-state index in [4.69, 9.17) is 9.26 Å². The molecule has 6 heteroatoms. The molecule has 17 heavy (non-hydrogen) atoms. The number of nitrogens with one attached hydrogen (secondary N) is 1. The maximum absolute atomic E-state index is 5.41. The van der Waals surface area contributed by atoms with Gasteiger partial charge in [0.1, 0.15) is 12.1 Å². The second kappa shape index (κ2) is 5.83. The summed E-state index contributed by atoms with van der Waals surface area (Å²) in [5.74, 6) is 2.02. The Morgan fingerprint density at radius 3 is 3.12 bits per heavy atom. The summed E-state index contributed by atoms with van der Waals surface area (Å²) in [5, 5.41) is 6.72. The first-order valence-corrected chi connectivity index (χ1v) is 5.46. The van der Waals surface area contributed by atoms with Gasteiger partial charge in [-0.05, 0) is 6.42 Å². The van der Waals surface area contributed by atoms with Crippen LogP contribution in [0.1, 0.15) is 19.1 Å². The minimum atomic E-state index is 0.532. The van der Waals surface area contributed by atoms with Crippen LogP contribution in [0.4, 0.5) is 5.82 Å². The molecule has 0 aromatic carbocycles. The first kappa shape index (κ1) is 11.4. The fraction of sp³-hybridized carbons (Fsp3) is 0.364. The normalized spacial score (nSPS) is 10.2. The van der Waals surface area contributed by atoms with Crippen LogP contribution in [-0.4, -0.2) is 21.7 Å². The zero-order valence-corrected chi connectivity index (χ0v) is 9.59. The highest BCUT2D eigenvalue weighted by molar-refractivity contribution is 5.37. The average molecular weight is 234 g/mol. The van der Waals surface area contributed by atoms with Crippen LogP contribution in [0.2, 0.25) is 0 Å². The van der Waals surface area contributed by atoms with E-state index in [1.54, 1.807) is 18.3 Å². The number of anilines is 1. The van der Waals surface area contributed by atoms with E-state index in [1.807, 2.05) is 6.92 Å². The van der Waals surface area contributed by atoms with Crippen LogP contribution >= 0.6 is 0 Å². The largest absolute Gasteiger partial charge is 0.478 e. The molecule has 0 aliphatic rings. The second-order valence-corrected chi connectivity index (χ2v) is 3.42. The Hall–Kier alpha value is -2.11. The zero-order chi connectivity index (χ0) is 11.9. The predicted molar refractivity (Wildman–Crippen MR) is 61.6 cm³/mol. The summed E-state index contributed by atoms with van der Waals surface area (Å²) in [7, 11) is 0. The Bertz CT molecular complexity index is 444. The molecule has 0 saturated heterocycles. The molecule has 0 aliphatic heterocycles. The van der Waals surface area contributed by atoms with Gasteiger partial charge in [0, 0.05) is 12.1 Å². The molecule has 90 valence electrons. The standard InChI is InChI=1S/C11H14N4O2/c1-2-5-16-11-6-10(13-8-14-11)12-7-9-3-4-15-17-9/h3-4,6,8H,2,5,7H2,1H3,(H,12,13,14). The Kier molecular flexibility index (Phi) is 3.90. The van der Waals surface area contributed by atoms with Crippen molar-refractivity contribution >= 4 is 5.82 Å². The van der Waals surface area contributed by atoms with Crippen LogP contribution in [0.5, 0.6) is 5.88 Å². The molecule has 0 radical (unpaired) electrons. The second-order valence-electron chi connectivity index (χ2n) is 3.42. The van der Waals surface area contributed by atoms with E-state index in [-0.39, 0.29) is 0 Å². The molecule has 2 aromatic heterocycles. The van der Waals surface area contributed by atoms with Crippen LogP contribution in [-0.2, 0) is 6.54 Å². The molecule has 1 N–H and O–H groups in total. The Balaban J connectivity index is 1.91. The maximum Gasteiger partial charge on any atom is 0.218 e. The van der Waals surface area contributed by atoms with Crippen molar-refractivity contribution in [3.63, 3.8) is 0 Å². The van der Waals surface area contributed by atoms with Crippen molar-refractivity contribution in [3.8, 4) is 5.88 Å². The highest BCUT2D eigenvalue weighted by Gasteiger charge is 2.01. The Morgan fingerprint density at radius 2 is 2.35 bits per heavy atom. The van der Waals surface area contributed by atoms with E-state index < -0.39 is 0 Å². The predicted octanol–water partition coefficient (Wildman–Crippen LogP) is 1.87. The third-order valence-corrected chi connectivity index (χ3v) is 2.03. The number of ether oxygens (including phenoxy) is 1. The average Bonchev–Trinajstić information content (AvgIpc) is 2.87. The quantitative estimate of drug-likeness (QED) is 0.822. The van der Waals surface area contributed by atoms with Crippen LogP contribution in [0.25, 0.3) is 0 Å². The summed E-state index contributed by atoms with van der Waals surface area (Å²) in [6.07, 6.45) is 4.02. The first-order valence-electron chi connectivity index (χ1n) is 5.46. The molecule has 0 fully saturated rings. The molecule has 0 atom stereocenters.